The molecule has 0 saturated heterocycles. The van der Waals surface area contributed by atoms with Gasteiger partial charge in [-0.15, -0.1) is 0 Å². The first-order chi connectivity index (χ1) is 14.1. The summed E-state index contributed by atoms with van der Waals surface area (Å²) in [4.78, 5) is 18.5. The van der Waals surface area contributed by atoms with Crippen LogP contribution in [0.25, 0.3) is 11.4 Å². The monoisotopic (exact) mass is 417 g/mol. The first-order valence-electron chi connectivity index (χ1n) is 8.83. The summed E-state index contributed by atoms with van der Waals surface area (Å²) in [6.45, 7) is -0.772. The summed E-state index contributed by atoms with van der Waals surface area (Å²) >= 11 is 5.88. The van der Waals surface area contributed by atoms with Gasteiger partial charge in [0.1, 0.15) is 11.8 Å². The van der Waals surface area contributed by atoms with E-state index in [0.29, 0.717) is 27.7 Å². The number of carbonyl (C=O) groups is 1. The van der Waals surface area contributed by atoms with Gasteiger partial charge in [-0.2, -0.15) is 4.98 Å². The highest BCUT2D eigenvalue weighted by Crippen LogP contribution is 2.25. The Hall–Kier alpha value is -2.94. The molecule has 0 aliphatic heterocycles. The Balaban J connectivity index is 1.88. The zero-order valence-corrected chi connectivity index (χ0v) is 16.4. The van der Waals surface area contributed by atoms with Crippen molar-refractivity contribution < 1.29 is 24.3 Å². The van der Waals surface area contributed by atoms with Gasteiger partial charge < -0.3 is 24.4 Å². The van der Waals surface area contributed by atoms with E-state index in [1.807, 2.05) is 0 Å². The molecule has 152 valence electrons. The van der Waals surface area contributed by atoms with Crippen molar-refractivity contribution in [3.63, 3.8) is 0 Å². The number of amides is 1. The van der Waals surface area contributed by atoms with E-state index in [-0.39, 0.29) is 19.0 Å². The summed E-state index contributed by atoms with van der Waals surface area (Å²) < 4.78 is 10.4. The number of methoxy groups -OCH3 is 1. The molecule has 1 heterocycles. The van der Waals surface area contributed by atoms with E-state index in [0.717, 1.165) is 0 Å². The molecule has 3 rings (SSSR count). The van der Waals surface area contributed by atoms with E-state index in [1.54, 1.807) is 55.6 Å². The van der Waals surface area contributed by atoms with Crippen molar-refractivity contribution in [1.82, 2.24) is 15.0 Å². The summed E-state index contributed by atoms with van der Waals surface area (Å²) in [6.07, 6.45) is 0. The zero-order chi connectivity index (χ0) is 20.8. The highest BCUT2D eigenvalue weighted by Gasteiger charge is 2.30. The molecule has 9 heteroatoms. The molecule has 0 aliphatic rings. The smallest absolute Gasteiger partial charge is 0.254 e. The minimum absolute atomic E-state index is 0.0209. The summed E-state index contributed by atoms with van der Waals surface area (Å²) in [7, 11) is 1.57. The minimum atomic E-state index is -0.912. The largest absolute Gasteiger partial charge is 0.497 e. The van der Waals surface area contributed by atoms with E-state index in [1.165, 1.54) is 4.90 Å². The Labute approximate surface area is 172 Å². The van der Waals surface area contributed by atoms with Gasteiger partial charge in [-0.25, -0.2) is 0 Å². The van der Waals surface area contributed by atoms with Crippen molar-refractivity contribution in [3.05, 3.63) is 65.0 Å². The maximum Gasteiger partial charge on any atom is 0.254 e. The lowest BCUT2D eigenvalue weighted by molar-refractivity contribution is 0.0475. The SMILES string of the molecule is COc1ccc(-c2noc([C@H](CO)N(CCO)C(=O)c3ccc(Cl)cc3)n2)cc1. The van der Waals surface area contributed by atoms with Crippen LogP contribution in [0.3, 0.4) is 0 Å². The third kappa shape index (κ3) is 4.73. The Kier molecular flexibility index (Phi) is 6.82. The van der Waals surface area contributed by atoms with Crippen LogP contribution in [-0.2, 0) is 0 Å². The van der Waals surface area contributed by atoms with Gasteiger partial charge in [-0.05, 0) is 48.5 Å². The summed E-state index contributed by atoms with van der Waals surface area (Å²) in [5, 5.41) is 23.8. The Morgan fingerprint density at radius 2 is 1.86 bits per heavy atom. The number of aliphatic hydroxyl groups is 2. The molecule has 0 aliphatic carbocycles. The predicted octanol–water partition coefficient (Wildman–Crippen LogP) is 2.57. The highest BCUT2D eigenvalue weighted by molar-refractivity contribution is 6.30. The van der Waals surface area contributed by atoms with Gasteiger partial charge in [0, 0.05) is 22.7 Å². The molecule has 0 radical (unpaired) electrons. The van der Waals surface area contributed by atoms with Crippen molar-refractivity contribution in [2.75, 3.05) is 26.9 Å². The molecular formula is C20H20ClN3O5. The van der Waals surface area contributed by atoms with Crippen LogP contribution >= 0.6 is 11.6 Å². The molecule has 2 N–H and O–H groups in total. The molecule has 0 spiro atoms. The minimum Gasteiger partial charge on any atom is -0.497 e. The number of carbonyl (C=O) groups excluding carboxylic acids is 1. The number of halogens is 1. The number of nitrogens with zero attached hydrogens (tertiary/aromatic N) is 3. The highest BCUT2D eigenvalue weighted by atomic mass is 35.5. The van der Waals surface area contributed by atoms with Gasteiger partial charge in [0.25, 0.3) is 11.8 Å². The van der Waals surface area contributed by atoms with Crippen LogP contribution in [0, 0.1) is 0 Å². The molecule has 0 fully saturated rings. The van der Waals surface area contributed by atoms with E-state index >= 15 is 0 Å². The maximum absolute atomic E-state index is 12.9. The van der Waals surface area contributed by atoms with Gasteiger partial charge in [-0.1, -0.05) is 16.8 Å². The van der Waals surface area contributed by atoms with Gasteiger partial charge in [0.15, 0.2) is 0 Å². The molecule has 1 amide bonds. The fourth-order valence-corrected chi connectivity index (χ4v) is 2.93. The molecule has 0 unspecified atom stereocenters. The number of rotatable bonds is 8. The molecule has 2 aromatic carbocycles. The lowest BCUT2D eigenvalue weighted by Gasteiger charge is -2.27. The number of hydrogen-bond acceptors (Lipinski definition) is 7. The normalized spacial score (nSPS) is 11.9. The average molecular weight is 418 g/mol. The second kappa shape index (κ2) is 9.51. The number of benzene rings is 2. The molecule has 0 bridgehead atoms. The van der Waals surface area contributed by atoms with E-state index in [9.17, 15) is 15.0 Å². The fraction of sp³-hybridized carbons (Fsp3) is 0.250. The number of hydrogen-bond donors (Lipinski definition) is 2. The number of aromatic nitrogens is 2. The van der Waals surface area contributed by atoms with E-state index in [2.05, 4.69) is 10.1 Å². The molecule has 29 heavy (non-hydrogen) atoms. The Morgan fingerprint density at radius 1 is 1.17 bits per heavy atom. The zero-order valence-electron chi connectivity index (χ0n) is 15.7. The van der Waals surface area contributed by atoms with Crippen LogP contribution in [0.1, 0.15) is 22.3 Å². The Morgan fingerprint density at radius 3 is 2.45 bits per heavy atom. The average Bonchev–Trinajstić information content (AvgIpc) is 3.23. The fourth-order valence-electron chi connectivity index (χ4n) is 2.80. The van der Waals surface area contributed by atoms with Crippen LogP contribution in [0.4, 0.5) is 0 Å². The van der Waals surface area contributed by atoms with Crippen LogP contribution in [0.2, 0.25) is 5.02 Å². The Bertz CT molecular complexity index is 944. The molecule has 8 nitrogen and oxygen atoms in total. The van der Waals surface area contributed by atoms with Crippen molar-refractivity contribution in [2.45, 2.75) is 6.04 Å². The van der Waals surface area contributed by atoms with Crippen LogP contribution in [-0.4, -0.2) is 58.0 Å². The standard InChI is InChI=1S/C20H20ClN3O5/c1-28-16-8-4-13(5-9-16)18-22-19(29-23-18)17(12-26)24(10-11-25)20(27)14-2-6-15(21)7-3-14/h2-9,17,25-26H,10-12H2,1H3/t17-/m0/s1. The summed E-state index contributed by atoms with van der Waals surface area (Å²) in [5.41, 5.74) is 1.05. The molecule has 0 saturated carbocycles. The molecular weight excluding hydrogens is 398 g/mol. The van der Waals surface area contributed by atoms with Crippen molar-refractivity contribution in [1.29, 1.82) is 0 Å². The van der Waals surface area contributed by atoms with Crippen molar-refractivity contribution in [3.8, 4) is 17.1 Å². The topological polar surface area (TPSA) is 109 Å². The van der Waals surface area contributed by atoms with E-state index < -0.39 is 18.6 Å². The lowest BCUT2D eigenvalue weighted by atomic mass is 10.1. The van der Waals surface area contributed by atoms with Crippen molar-refractivity contribution >= 4 is 17.5 Å². The van der Waals surface area contributed by atoms with Crippen molar-refractivity contribution in [2.24, 2.45) is 0 Å². The molecule has 1 atom stereocenters. The molecule has 3 aromatic rings. The summed E-state index contributed by atoms with van der Waals surface area (Å²) in [5.74, 6) is 0.658. The molecule has 1 aromatic heterocycles. The first-order valence-corrected chi connectivity index (χ1v) is 9.21. The van der Waals surface area contributed by atoms with Gasteiger partial charge >= 0.3 is 0 Å². The van der Waals surface area contributed by atoms with Gasteiger partial charge in [-0.3, -0.25) is 4.79 Å². The third-order valence-electron chi connectivity index (χ3n) is 4.32. The van der Waals surface area contributed by atoms with Crippen LogP contribution in [0.5, 0.6) is 5.75 Å². The second-order valence-corrected chi connectivity index (χ2v) is 6.55. The van der Waals surface area contributed by atoms with E-state index in [4.69, 9.17) is 20.9 Å². The first kappa shape index (κ1) is 20.8. The van der Waals surface area contributed by atoms with Gasteiger partial charge in [0.05, 0.1) is 20.3 Å². The lowest BCUT2D eigenvalue weighted by Crippen LogP contribution is -2.39. The van der Waals surface area contributed by atoms with Crippen LogP contribution in [0.15, 0.2) is 53.1 Å². The third-order valence-corrected chi connectivity index (χ3v) is 4.57. The quantitative estimate of drug-likeness (QED) is 0.579. The van der Waals surface area contributed by atoms with Crippen LogP contribution < -0.4 is 4.74 Å². The maximum atomic E-state index is 12.9. The second-order valence-electron chi connectivity index (χ2n) is 6.11. The number of aliphatic hydroxyl groups excluding tert-OH is 2. The summed E-state index contributed by atoms with van der Waals surface area (Å²) in [6, 6.07) is 12.5. The predicted molar refractivity (Wildman–Crippen MR) is 106 cm³/mol. The number of ether oxygens (including phenoxy) is 1. The van der Waals surface area contributed by atoms with Gasteiger partial charge in [0.2, 0.25) is 5.82 Å².